The molecule has 1 aliphatic carbocycles. The summed E-state index contributed by atoms with van der Waals surface area (Å²) in [4.78, 5) is 23.1. The van der Waals surface area contributed by atoms with Gasteiger partial charge in [0.2, 0.25) is 0 Å². The monoisotopic (exact) mass is 410 g/mol. The van der Waals surface area contributed by atoms with Gasteiger partial charge in [-0.05, 0) is 37.3 Å². The molecule has 0 spiro atoms. The molecular formula is C21H14O7S. The molecule has 1 aliphatic heterocycles. The predicted molar refractivity (Wildman–Crippen MR) is 106 cm³/mol. The third-order valence-electron chi connectivity index (χ3n) is 4.61. The molecule has 2 aromatic carbocycles. The summed E-state index contributed by atoms with van der Waals surface area (Å²) in [6.07, 6.45) is 0. The number of benzene rings is 3. The average molecular weight is 410 g/mol. The lowest BCUT2D eigenvalue weighted by Crippen LogP contribution is -2.06. The van der Waals surface area contributed by atoms with Crippen LogP contribution in [-0.2, 0) is 10.1 Å². The lowest BCUT2D eigenvalue weighted by Gasteiger charge is -2.17. The number of Topliss-reactive ketones (excluding diaryl/α,β-unsaturated/α-hetero) is 1. The van der Waals surface area contributed by atoms with Crippen LogP contribution >= 0.6 is 0 Å². The summed E-state index contributed by atoms with van der Waals surface area (Å²) in [5.41, 5.74) is 0.971. The number of aromatic hydroxyl groups is 1. The van der Waals surface area contributed by atoms with Gasteiger partial charge < -0.3 is 9.52 Å². The first kappa shape index (κ1) is 18.9. The maximum atomic E-state index is 12.1. The summed E-state index contributed by atoms with van der Waals surface area (Å²) in [7, 11) is -4.69. The minimum atomic E-state index is -4.69. The fourth-order valence-electron chi connectivity index (χ4n) is 3.31. The number of fused-ring (bicyclic) bond motifs is 2. The number of carbonyl (C=O) groups excluding carboxylic acids is 1. The molecule has 0 amide bonds. The fourth-order valence-corrected chi connectivity index (χ4v) is 4.03. The molecule has 0 saturated heterocycles. The first-order valence-electron chi connectivity index (χ1n) is 8.47. The molecule has 0 aromatic heterocycles. The van der Waals surface area contributed by atoms with Crippen molar-refractivity contribution in [2.45, 2.75) is 11.8 Å². The number of phenols is 1. The standard InChI is InChI=1S/C21H14O7S/c1-11(22)12-2-5-17(20(8-12)29(25,26)27)21-15-6-3-13(23)9-18(15)28-19-10-14(24)4-7-16(19)21/h2-10,23H,1H3,(H,25,26,27). The molecule has 0 saturated carbocycles. The van der Waals surface area contributed by atoms with Gasteiger partial charge in [0.25, 0.3) is 10.1 Å². The van der Waals surface area contributed by atoms with E-state index in [2.05, 4.69) is 0 Å². The van der Waals surface area contributed by atoms with Crippen molar-refractivity contribution in [3.05, 3.63) is 70.4 Å². The van der Waals surface area contributed by atoms with Gasteiger partial charge in [0.15, 0.2) is 11.2 Å². The molecular weight excluding hydrogens is 396 g/mol. The van der Waals surface area contributed by atoms with Crippen LogP contribution in [0, 0.1) is 0 Å². The summed E-state index contributed by atoms with van der Waals surface area (Å²) < 4.78 is 39.8. The summed E-state index contributed by atoms with van der Waals surface area (Å²) in [6, 6.07) is 12.3. The Kier molecular flexibility index (Phi) is 4.25. The van der Waals surface area contributed by atoms with Crippen LogP contribution in [0.1, 0.15) is 17.3 Å². The Bertz CT molecular complexity index is 1430. The molecule has 2 aromatic rings. The van der Waals surface area contributed by atoms with Crippen LogP contribution in [0.3, 0.4) is 0 Å². The first-order valence-corrected chi connectivity index (χ1v) is 9.91. The second kappa shape index (κ2) is 6.54. The number of hydrogen-bond acceptors (Lipinski definition) is 6. The second-order valence-corrected chi connectivity index (χ2v) is 7.95. The third kappa shape index (κ3) is 3.28. The van der Waals surface area contributed by atoms with Crippen molar-refractivity contribution in [1.29, 1.82) is 0 Å². The molecule has 0 fully saturated rings. The Labute approximate surface area is 164 Å². The van der Waals surface area contributed by atoms with Crippen molar-refractivity contribution in [2.75, 3.05) is 0 Å². The quantitative estimate of drug-likeness (QED) is 0.300. The van der Waals surface area contributed by atoms with Crippen LogP contribution < -0.4 is 5.43 Å². The second-order valence-electron chi connectivity index (χ2n) is 6.56. The minimum Gasteiger partial charge on any atom is -0.508 e. The van der Waals surface area contributed by atoms with Crippen molar-refractivity contribution in [2.24, 2.45) is 0 Å². The summed E-state index contributed by atoms with van der Waals surface area (Å²) in [5, 5.41) is 10.3. The zero-order valence-corrected chi connectivity index (χ0v) is 15.9. The third-order valence-corrected chi connectivity index (χ3v) is 5.51. The predicted octanol–water partition coefficient (Wildman–Crippen LogP) is 3.72. The van der Waals surface area contributed by atoms with Crippen LogP contribution in [0.15, 0.2) is 68.7 Å². The Morgan fingerprint density at radius 2 is 1.69 bits per heavy atom. The van der Waals surface area contributed by atoms with E-state index in [0.717, 1.165) is 6.07 Å². The van der Waals surface area contributed by atoms with Gasteiger partial charge in [-0.1, -0.05) is 12.1 Å². The zero-order valence-electron chi connectivity index (χ0n) is 15.0. The number of hydrogen-bond donors (Lipinski definition) is 2. The topological polar surface area (TPSA) is 122 Å². The molecule has 2 N–H and O–H groups in total. The van der Waals surface area contributed by atoms with E-state index in [9.17, 15) is 27.7 Å². The molecule has 7 nitrogen and oxygen atoms in total. The lowest BCUT2D eigenvalue weighted by atomic mass is 9.93. The summed E-state index contributed by atoms with van der Waals surface area (Å²) in [6.45, 7) is 1.29. The van der Waals surface area contributed by atoms with Crippen molar-refractivity contribution < 1.29 is 27.3 Å². The fraction of sp³-hybridized carbons (Fsp3) is 0.0476. The van der Waals surface area contributed by atoms with E-state index in [-0.39, 0.29) is 39.4 Å². The van der Waals surface area contributed by atoms with Crippen LogP contribution in [0.2, 0.25) is 0 Å². The Morgan fingerprint density at radius 1 is 0.966 bits per heavy atom. The van der Waals surface area contributed by atoms with Crippen LogP contribution in [0.25, 0.3) is 33.4 Å². The summed E-state index contributed by atoms with van der Waals surface area (Å²) in [5.74, 6) is -0.255. The molecule has 0 atom stereocenters. The van der Waals surface area contributed by atoms with E-state index in [4.69, 9.17) is 4.42 Å². The van der Waals surface area contributed by atoms with Gasteiger partial charge in [-0.15, -0.1) is 0 Å². The summed E-state index contributed by atoms with van der Waals surface area (Å²) >= 11 is 0. The van der Waals surface area contributed by atoms with Gasteiger partial charge in [-0.25, -0.2) is 0 Å². The highest BCUT2D eigenvalue weighted by atomic mass is 32.2. The van der Waals surface area contributed by atoms with Gasteiger partial charge in [0.1, 0.15) is 22.0 Å². The van der Waals surface area contributed by atoms with Crippen LogP contribution in [0.5, 0.6) is 5.75 Å². The average Bonchev–Trinajstić information content (AvgIpc) is 2.64. The molecule has 4 rings (SSSR count). The van der Waals surface area contributed by atoms with E-state index >= 15 is 0 Å². The van der Waals surface area contributed by atoms with Crippen LogP contribution in [0.4, 0.5) is 0 Å². The van der Waals surface area contributed by atoms with E-state index in [1.54, 1.807) is 6.07 Å². The van der Waals surface area contributed by atoms with E-state index in [0.29, 0.717) is 16.5 Å². The first-order chi connectivity index (χ1) is 13.6. The highest BCUT2D eigenvalue weighted by Gasteiger charge is 2.24. The zero-order chi connectivity index (χ0) is 20.9. The highest BCUT2D eigenvalue weighted by Crippen LogP contribution is 2.42. The maximum absolute atomic E-state index is 12.1. The smallest absolute Gasteiger partial charge is 0.295 e. The SMILES string of the molecule is CC(=O)c1ccc(-c2c3ccc(=O)cc-3oc3cc(O)ccc23)c(S(=O)(=O)O)c1. The molecule has 8 heteroatoms. The van der Waals surface area contributed by atoms with Crippen LogP contribution in [-0.4, -0.2) is 23.9 Å². The van der Waals surface area contributed by atoms with Crippen molar-refractivity contribution >= 4 is 26.9 Å². The van der Waals surface area contributed by atoms with E-state index in [1.165, 1.54) is 49.4 Å². The minimum absolute atomic E-state index is 0.0771. The maximum Gasteiger partial charge on any atom is 0.295 e. The van der Waals surface area contributed by atoms with Gasteiger partial charge in [-0.2, -0.15) is 8.42 Å². The molecule has 2 aliphatic rings. The number of ketones is 1. The van der Waals surface area contributed by atoms with Gasteiger partial charge in [-0.3, -0.25) is 14.1 Å². The van der Waals surface area contributed by atoms with Gasteiger partial charge >= 0.3 is 0 Å². The highest BCUT2D eigenvalue weighted by molar-refractivity contribution is 7.86. The lowest BCUT2D eigenvalue weighted by molar-refractivity contribution is 0.101. The number of phenolic OH excluding ortho intramolecular Hbond substituents is 1. The Balaban J connectivity index is 2.21. The number of rotatable bonds is 3. The normalized spacial score (nSPS) is 11.8. The molecule has 0 bridgehead atoms. The van der Waals surface area contributed by atoms with Crippen molar-refractivity contribution in [1.82, 2.24) is 0 Å². The molecule has 146 valence electrons. The van der Waals surface area contributed by atoms with Gasteiger partial charge in [0.05, 0.1) is 0 Å². The molecule has 0 unspecified atom stereocenters. The largest absolute Gasteiger partial charge is 0.508 e. The molecule has 29 heavy (non-hydrogen) atoms. The van der Waals surface area contributed by atoms with E-state index in [1.807, 2.05) is 0 Å². The van der Waals surface area contributed by atoms with Gasteiger partial charge in [0, 0.05) is 39.8 Å². The molecule has 1 heterocycles. The Morgan fingerprint density at radius 3 is 2.38 bits per heavy atom. The Hall–Kier alpha value is -3.49. The number of carbonyl (C=O) groups is 1. The van der Waals surface area contributed by atoms with Crippen molar-refractivity contribution in [3.8, 4) is 28.2 Å². The molecule has 0 radical (unpaired) electrons. The van der Waals surface area contributed by atoms with Crippen molar-refractivity contribution in [3.63, 3.8) is 0 Å². The van der Waals surface area contributed by atoms with E-state index < -0.39 is 15.0 Å².